The Balaban J connectivity index is 2.23. The van der Waals surface area contributed by atoms with E-state index in [2.05, 4.69) is 0 Å². The Morgan fingerprint density at radius 1 is 1.53 bits per heavy atom. The van der Waals surface area contributed by atoms with E-state index in [1.54, 1.807) is 4.90 Å². The number of benzene rings is 1. The largest absolute Gasteiger partial charge is 0.391 e. The lowest BCUT2D eigenvalue weighted by atomic mass is 10.1. The molecular weight excluding hydrogens is 227 g/mol. The summed E-state index contributed by atoms with van der Waals surface area (Å²) in [4.78, 5) is 11.6. The predicted octanol–water partition coefficient (Wildman–Crippen LogP) is 1.70. The quantitative estimate of drug-likeness (QED) is 0.631. The van der Waals surface area contributed by atoms with Crippen LogP contribution >= 0.6 is 0 Å². The maximum absolute atomic E-state index is 13.7. The van der Waals surface area contributed by atoms with E-state index in [0.29, 0.717) is 25.2 Å². The first kappa shape index (κ1) is 11.8. The van der Waals surface area contributed by atoms with Gasteiger partial charge in [0.25, 0.3) is 5.69 Å². The number of rotatable bonds is 2. The van der Waals surface area contributed by atoms with Gasteiger partial charge in [0.1, 0.15) is 0 Å². The SMILES string of the molecule is O=[N+]([O-])c1ccc(N2CCC[C@H](O)C2)c(F)c1. The first-order valence-electron chi connectivity index (χ1n) is 5.45. The second kappa shape index (κ2) is 4.67. The third kappa shape index (κ3) is 2.52. The minimum atomic E-state index is -0.627. The highest BCUT2D eigenvalue weighted by Crippen LogP contribution is 2.26. The first-order valence-corrected chi connectivity index (χ1v) is 5.45. The van der Waals surface area contributed by atoms with E-state index in [1.165, 1.54) is 12.1 Å². The van der Waals surface area contributed by atoms with Gasteiger partial charge in [0.05, 0.1) is 22.8 Å². The van der Waals surface area contributed by atoms with Gasteiger partial charge in [-0.15, -0.1) is 0 Å². The van der Waals surface area contributed by atoms with E-state index in [9.17, 15) is 19.6 Å². The van der Waals surface area contributed by atoms with Gasteiger partial charge in [0, 0.05) is 19.2 Å². The molecule has 1 atom stereocenters. The molecule has 17 heavy (non-hydrogen) atoms. The Kier molecular flexibility index (Phi) is 3.23. The molecule has 6 heteroatoms. The third-order valence-corrected chi connectivity index (χ3v) is 2.88. The molecule has 0 spiro atoms. The Morgan fingerprint density at radius 3 is 2.88 bits per heavy atom. The lowest BCUT2D eigenvalue weighted by Gasteiger charge is -2.32. The monoisotopic (exact) mass is 240 g/mol. The molecular formula is C11H13FN2O3. The fourth-order valence-corrected chi connectivity index (χ4v) is 2.04. The van der Waals surface area contributed by atoms with Crippen molar-refractivity contribution in [2.24, 2.45) is 0 Å². The summed E-state index contributed by atoms with van der Waals surface area (Å²) in [6, 6.07) is 3.58. The standard InChI is InChI=1S/C11H13FN2O3/c12-10-6-8(14(16)17)3-4-11(10)13-5-1-2-9(15)7-13/h3-4,6,9,15H,1-2,5,7H2/t9-/m0/s1. The molecule has 0 bridgehead atoms. The number of non-ortho nitro benzene ring substituents is 1. The number of hydrogen-bond acceptors (Lipinski definition) is 4. The number of aliphatic hydroxyl groups is 1. The second-order valence-electron chi connectivity index (χ2n) is 4.13. The van der Waals surface area contributed by atoms with Crippen LogP contribution in [0.5, 0.6) is 0 Å². The molecule has 5 nitrogen and oxygen atoms in total. The van der Waals surface area contributed by atoms with Gasteiger partial charge >= 0.3 is 0 Å². The van der Waals surface area contributed by atoms with Gasteiger partial charge in [-0.25, -0.2) is 4.39 Å². The van der Waals surface area contributed by atoms with Crippen LogP contribution in [-0.4, -0.2) is 29.2 Å². The third-order valence-electron chi connectivity index (χ3n) is 2.88. The van der Waals surface area contributed by atoms with Crippen LogP contribution in [0.4, 0.5) is 15.8 Å². The molecule has 1 aliphatic heterocycles. The number of anilines is 1. The average molecular weight is 240 g/mol. The van der Waals surface area contributed by atoms with Crippen molar-refractivity contribution in [3.63, 3.8) is 0 Å². The van der Waals surface area contributed by atoms with Crippen LogP contribution in [0.3, 0.4) is 0 Å². The second-order valence-corrected chi connectivity index (χ2v) is 4.13. The Morgan fingerprint density at radius 2 is 2.29 bits per heavy atom. The molecule has 1 aromatic carbocycles. The molecule has 1 heterocycles. The van der Waals surface area contributed by atoms with Crippen molar-refractivity contribution in [2.45, 2.75) is 18.9 Å². The van der Waals surface area contributed by atoms with Crippen LogP contribution in [0.1, 0.15) is 12.8 Å². The van der Waals surface area contributed by atoms with Crippen LogP contribution in [0.25, 0.3) is 0 Å². The normalized spacial score (nSPS) is 20.4. The van der Waals surface area contributed by atoms with Gasteiger partial charge in [-0.1, -0.05) is 0 Å². The zero-order valence-electron chi connectivity index (χ0n) is 9.17. The number of aliphatic hydroxyl groups excluding tert-OH is 1. The fraction of sp³-hybridized carbons (Fsp3) is 0.455. The molecule has 0 saturated carbocycles. The molecule has 2 rings (SSSR count). The van der Waals surface area contributed by atoms with Crippen LogP contribution in [0.15, 0.2) is 18.2 Å². The van der Waals surface area contributed by atoms with Gasteiger partial charge in [-0.2, -0.15) is 0 Å². The molecule has 1 fully saturated rings. The lowest BCUT2D eigenvalue weighted by molar-refractivity contribution is -0.385. The van der Waals surface area contributed by atoms with Crippen molar-refractivity contribution in [3.05, 3.63) is 34.1 Å². The molecule has 0 unspecified atom stereocenters. The highest BCUT2D eigenvalue weighted by atomic mass is 19.1. The number of nitro benzene ring substituents is 1. The van der Waals surface area contributed by atoms with Crippen LogP contribution < -0.4 is 4.90 Å². The molecule has 0 amide bonds. The molecule has 1 aliphatic rings. The van der Waals surface area contributed by atoms with Gasteiger partial charge in [-0.05, 0) is 18.9 Å². The highest BCUT2D eigenvalue weighted by molar-refractivity contribution is 5.52. The summed E-state index contributed by atoms with van der Waals surface area (Å²) in [7, 11) is 0. The van der Waals surface area contributed by atoms with Crippen molar-refractivity contribution in [1.82, 2.24) is 0 Å². The van der Waals surface area contributed by atoms with Crippen LogP contribution in [0.2, 0.25) is 0 Å². The number of halogens is 1. The summed E-state index contributed by atoms with van der Waals surface area (Å²) in [5.74, 6) is -0.617. The van der Waals surface area contributed by atoms with E-state index in [-0.39, 0.29) is 5.69 Å². The maximum Gasteiger partial charge on any atom is 0.272 e. The molecule has 1 N–H and O–H groups in total. The topological polar surface area (TPSA) is 66.6 Å². The average Bonchev–Trinajstić information content (AvgIpc) is 2.28. The summed E-state index contributed by atoms with van der Waals surface area (Å²) in [6.45, 7) is 1.03. The summed E-state index contributed by atoms with van der Waals surface area (Å²) in [6.07, 6.45) is 1.04. The van der Waals surface area contributed by atoms with Crippen molar-refractivity contribution in [2.75, 3.05) is 18.0 Å². The number of nitro groups is 1. The molecule has 1 aromatic rings. The lowest BCUT2D eigenvalue weighted by Crippen LogP contribution is -2.38. The summed E-state index contributed by atoms with van der Waals surface area (Å²) in [5.41, 5.74) is 0.0538. The van der Waals surface area contributed by atoms with E-state index >= 15 is 0 Å². The molecule has 0 aliphatic carbocycles. The summed E-state index contributed by atoms with van der Waals surface area (Å²) < 4.78 is 13.7. The van der Waals surface area contributed by atoms with Crippen molar-refractivity contribution in [3.8, 4) is 0 Å². The van der Waals surface area contributed by atoms with Gasteiger partial charge in [-0.3, -0.25) is 10.1 Å². The van der Waals surface area contributed by atoms with E-state index in [0.717, 1.165) is 12.5 Å². The zero-order valence-corrected chi connectivity index (χ0v) is 9.17. The van der Waals surface area contributed by atoms with Crippen molar-refractivity contribution >= 4 is 11.4 Å². The van der Waals surface area contributed by atoms with Crippen LogP contribution in [-0.2, 0) is 0 Å². The number of nitrogens with zero attached hydrogens (tertiary/aromatic N) is 2. The predicted molar refractivity (Wildman–Crippen MR) is 60.5 cm³/mol. The van der Waals surface area contributed by atoms with Gasteiger partial charge in [0.2, 0.25) is 0 Å². The summed E-state index contributed by atoms with van der Waals surface area (Å²) >= 11 is 0. The van der Waals surface area contributed by atoms with Gasteiger partial charge in [0.15, 0.2) is 5.82 Å². The number of β-amino-alcohol motifs (C(OH)–C–C–N with tert-alkyl or cyclic N) is 1. The van der Waals surface area contributed by atoms with E-state index in [1.807, 2.05) is 0 Å². The Labute approximate surface area is 97.6 Å². The minimum absolute atomic E-state index is 0.260. The minimum Gasteiger partial charge on any atom is -0.391 e. The number of hydrogen-bond donors (Lipinski definition) is 1. The fourth-order valence-electron chi connectivity index (χ4n) is 2.04. The van der Waals surface area contributed by atoms with Crippen LogP contribution in [0, 0.1) is 15.9 Å². The van der Waals surface area contributed by atoms with Crippen molar-refractivity contribution < 1.29 is 14.4 Å². The Hall–Kier alpha value is -1.69. The molecule has 1 saturated heterocycles. The highest BCUT2D eigenvalue weighted by Gasteiger charge is 2.21. The van der Waals surface area contributed by atoms with E-state index < -0.39 is 16.8 Å². The zero-order chi connectivity index (χ0) is 12.4. The number of piperidine rings is 1. The first-order chi connectivity index (χ1) is 8.08. The Bertz CT molecular complexity index is 439. The van der Waals surface area contributed by atoms with E-state index in [4.69, 9.17) is 0 Å². The molecule has 92 valence electrons. The summed E-state index contributed by atoms with van der Waals surface area (Å²) in [5, 5.41) is 20.0. The van der Waals surface area contributed by atoms with Crippen molar-refractivity contribution in [1.29, 1.82) is 0 Å². The maximum atomic E-state index is 13.7. The van der Waals surface area contributed by atoms with Gasteiger partial charge < -0.3 is 10.0 Å². The molecule has 0 aromatic heterocycles. The molecule has 0 radical (unpaired) electrons. The smallest absolute Gasteiger partial charge is 0.272 e.